The van der Waals surface area contributed by atoms with Gasteiger partial charge in [-0.2, -0.15) is 0 Å². The molecular weight excluding hydrogens is 206 g/mol. The monoisotopic (exact) mass is 227 g/mol. The summed E-state index contributed by atoms with van der Waals surface area (Å²) in [5.74, 6) is 0.0766. The lowest BCUT2D eigenvalue weighted by molar-refractivity contribution is -0.128. The van der Waals surface area contributed by atoms with Crippen LogP contribution in [0.25, 0.3) is 0 Å². The average Bonchev–Trinajstić information content (AvgIpc) is 2.16. The van der Waals surface area contributed by atoms with Gasteiger partial charge in [0.25, 0.3) is 0 Å². The Labute approximate surface area is 97.1 Å². The molecule has 5 nitrogen and oxygen atoms in total. The Morgan fingerprint density at radius 3 is 2.19 bits per heavy atom. The normalized spacial score (nSPS) is 9.75. The van der Waals surface area contributed by atoms with E-state index in [2.05, 4.69) is 11.9 Å². The van der Waals surface area contributed by atoms with Gasteiger partial charge in [-0.05, 0) is 14.0 Å². The zero-order chi connectivity index (χ0) is 12.7. The summed E-state index contributed by atoms with van der Waals surface area (Å²) < 4.78 is 0. The van der Waals surface area contributed by atoms with E-state index in [1.165, 1.54) is 6.92 Å². The van der Waals surface area contributed by atoms with Gasteiger partial charge < -0.3 is 15.1 Å². The minimum absolute atomic E-state index is 0.000116. The summed E-state index contributed by atoms with van der Waals surface area (Å²) in [6.07, 6.45) is 0. The van der Waals surface area contributed by atoms with Crippen LogP contribution in [0.3, 0.4) is 0 Å². The molecule has 16 heavy (non-hydrogen) atoms. The van der Waals surface area contributed by atoms with Crippen molar-refractivity contribution in [3.63, 3.8) is 0 Å². The summed E-state index contributed by atoms with van der Waals surface area (Å²) in [5, 5.41) is 2.79. The predicted octanol–water partition coefficient (Wildman–Crippen LogP) is -0.301. The minimum atomic E-state index is -0.000116. The molecule has 0 aromatic carbocycles. The van der Waals surface area contributed by atoms with Crippen molar-refractivity contribution in [3.05, 3.63) is 12.3 Å². The van der Waals surface area contributed by atoms with Crippen LogP contribution < -0.4 is 5.32 Å². The third kappa shape index (κ3) is 5.50. The highest BCUT2D eigenvalue weighted by Gasteiger charge is 2.11. The molecule has 0 spiro atoms. The van der Waals surface area contributed by atoms with E-state index in [1.807, 2.05) is 0 Å². The predicted molar refractivity (Wildman–Crippen MR) is 64.0 cm³/mol. The van der Waals surface area contributed by atoms with Crippen LogP contribution >= 0.6 is 0 Å². The molecule has 0 radical (unpaired) electrons. The van der Waals surface area contributed by atoms with E-state index in [0.29, 0.717) is 19.6 Å². The molecule has 0 saturated carbocycles. The number of carbonyl (C=O) groups is 2. The van der Waals surface area contributed by atoms with Crippen molar-refractivity contribution in [3.8, 4) is 0 Å². The van der Waals surface area contributed by atoms with Gasteiger partial charge in [-0.15, -0.1) is 0 Å². The number of nitrogens with one attached hydrogen (secondary N) is 1. The van der Waals surface area contributed by atoms with Crippen molar-refractivity contribution in [2.45, 2.75) is 6.92 Å². The maximum absolute atomic E-state index is 11.5. The molecule has 5 heteroatoms. The van der Waals surface area contributed by atoms with Crippen LogP contribution in [0.4, 0.5) is 0 Å². The highest BCUT2D eigenvalue weighted by Crippen LogP contribution is 2.00. The Morgan fingerprint density at radius 2 is 1.75 bits per heavy atom. The molecule has 0 aromatic rings. The van der Waals surface area contributed by atoms with Crippen LogP contribution in [0.2, 0.25) is 0 Å². The lowest BCUT2D eigenvalue weighted by Gasteiger charge is -2.25. The first-order valence-electron chi connectivity index (χ1n) is 5.15. The fourth-order valence-corrected chi connectivity index (χ4v) is 1.21. The van der Waals surface area contributed by atoms with Crippen molar-refractivity contribution in [1.82, 2.24) is 15.1 Å². The zero-order valence-electron chi connectivity index (χ0n) is 10.5. The third-order valence-electron chi connectivity index (χ3n) is 2.17. The van der Waals surface area contributed by atoms with Gasteiger partial charge in [0.05, 0.1) is 19.6 Å². The van der Waals surface area contributed by atoms with Gasteiger partial charge in [0.1, 0.15) is 5.78 Å². The molecule has 1 N–H and O–H groups in total. The van der Waals surface area contributed by atoms with Gasteiger partial charge in [0.15, 0.2) is 0 Å². The molecule has 0 heterocycles. The van der Waals surface area contributed by atoms with Crippen LogP contribution in [0.5, 0.6) is 0 Å². The molecule has 0 aliphatic carbocycles. The number of Topliss-reactive ketones (excluding diaryl/α,β-unsaturated/α-hetero) is 1. The molecule has 0 aliphatic rings. The van der Waals surface area contributed by atoms with Crippen LogP contribution in [-0.2, 0) is 9.59 Å². The molecule has 0 saturated heterocycles. The van der Waals surface area contributed by atoms with Gasteiger partial charge in [-0.3, -0.25) is 9.59 Å². The number of hydrogen-bond acceptors (Lipinski definition) is 4. The van der Waals surface area contributed by atoms with E-state index in [1.54, 1.807) is 30.9 Å². The Balaban J connectivity index is 4.12. The molecule has 0 fully saturated rings. The molecule has 1 amide bonds. The third-order valence-corrected chi connectivity index (χ3v) is 2.17. The first-order chi connectivity index (χ1) is 7.38. The summed E-state index contributed by atoms with van der Waals surface area (Å²) in [5.41, 5.74) is 0.752. The Hall–Kier alpha value is -1.36. The molecule has 92 valence electrons. The summed E-state index contributed by atoms with van der Waals surface area (Å²) in [7, 11) is 5.23. The van der Waals surface area contributed by atoms with E-state index in [-0.39, 0.29) is 11.7 Å². The molecular formula is C11H21N3O2. The number of likely N-dealkylation sites (N-methyl/N-ethyl adjacent to an activating group) is 3. The number of hydrogen-bond donors (Lipinski definition) is 1. The fourth-order valence-electron chi connectivity index (χ4n) is 1.21. The van der Waals surface area contributed by atoms with Crippen molar-refractivity contribution in [1.29, 1.82) is 0 Å². The van der Waals surface area contributed by atoms with E-state index in [9.17, 15) is 9.59 Å². The van der Waals surface area contributed by atoms with Crippen LogP contribution in [0, 0.1) is 0 Å². The maximum atomic E-state index is 11.5. The number of nitrogens with zero attached hydrogens (tertiary/aromatic N) is 2. The average molecular weight is 227 g/mol. The van der Waals surface area contributed by atoms with E-state index in [0.717, 1.165) is 5.70 Å². The second kappa shape index (κ2) is 7.00. The Bertz CT molecular complexity index is 276. The number of ketones is 1. The molecule has 0 bridgehead atoms. The van der Waals surface area contributed by atoms with E-state index < -0.39 is 0 Å². The van der Waals surface area contributed by atoms with Gasteiger partial charge in [-0.1, -0.05) is 6.58 Å². The fraction of sp³-hybridized carbons (Fsp3) is 0.636. The first kappa shape index (κ1) is 14.6. The summed E-state index contributed by atoms with van der Waals surface area (Å²) in [6, 6.07) is 0. The largest absolute Gasteiger partial charge is 0.370 e. The Kier molecular flexibility index (Phi) is 6.41. The molecule has 0 unspecified atom stereocenters. The number of carbonyl (C=O) groups excluding carboxylic acids is 2. The van der Waals surface area contributed by atoms with Crippen molar-refractivity contribution in [2.24, 2.45) is 0 Å². The molecule has 0 aliphatic heterocycles. The number of rotatable bonds is 7. The second-order valence-electron chi connectivity index (χ2n) is 3.90. The van der Waals surface area contributed by atoms with Gasteiger partial charge in [0, 0.05) is 19.8 Å². The summed E-state index contributed by atoms with van der Waals surface area (Å²) >= 11 is 0. The summed E-state index contributed by atoms with van der Waals surface area (Å²) in [4.78, 5) is 25.7. The van der Waals surface area contributed by atoms with Crippen molar-refractivity contribution in [2.75, 3.05) is 40.8 Å². The smallest absolute Gasteiger partial charge is 0.236 e. The summed E-state index contributed by atoms with van der Waals surface area (Å²) in [6.45, 7) is 6.44. The topological polar surface area (TPSA) is 52.7 Å². The van der Waals surface area contributed by atoms with Crippen molar-refractivity contribution < 1.29 is 9.59 Å². The van der Waals surface area contributed by atoms with Gasteiger partial charge in [-0.25, -0.2) is 0 Å². The van der Waals surface area contributed by atoms with Crippen LogP contribution in [-0.4, -0.2) is 62.3 Å². The molecule has 0 atom stereocenters. The van der Waals surface area contributed by atoms with Gasteiger partial charge in [0.2, 0.25) is 5.91 Å². The highest BCUT2D eigenvalue weighted by molar-refractivity contribution is 5.78. The minimum Gasteiger partial charge on any atom is -0.370 e. The van der Waals surface area contributed by atoms with Gasteiger partial charge >= 0.3 is 0 Å². The molecule has 0 rings (SSSR count). The highest BCUT2D eigenvalue weighted by atomic mass is 16.2. The van der Waals surface area contributed by atoms with Crippen LogP contribution in [0.15, 0.2) is 12.3 Å². The first-order valence-corrected chi connectivity index (χ1v) is 5.15. The van der Waals surface area contributed by atoms with Crippen molar-refractivity contribution >= 4 is 11.7 Å². The lowest BCUT2D eigenvalue weighted by Crippen LogP contribution is -2.38. The quantitative estimate of drug-likeness (QED) is 0.649. The van der Waals surface area contributed by atoms with Crippen LogP contribution in [0.1, 0.15) is 6.92 Å². The van der Waals surface area contributed by atoms with E-state index >= 15 is 0 Å². The Morgan fingerprint density at radius 1 is 1.19 bits per heavy atom. The lowest BCUT2D eigenvalue weighted by atomic mass is 10.3. The standard InChI is InChI=1S/C11H21N3O2/c1-9(13(4)8-10(2)15)7-14(5)11(16)6-12-3/h12H,1,6-8H2,2-5H3. The molecule has 0 aromatic heterocycles. The zero-order valence-corrected chi connectivity index (χ0v) is 10.5. The van der Waals surface area contributed by atoms with E-state index in [4.69, 9.17) is 0 Å². The number of amides is 1. The maximum Gasteiger partial charge on any atom is 0.236 e. The SMILES string of the molecule is C=C(CN(C)C(=O)CNC)N(C)CC(C)=O. The second-order valence-corrected chi connectivity index (χ2v) is 3.90.